The van der Waals surface area contributed by atoms with Crippen LogP contribution in [0.4, 0.5) is 5.82 Å². The number of aldehydes is 1. The average Bonchev–Trinajstić information content (AvgIpc) is 3.68. The molecular weight excluding hydrogens is 494 g/mol. The number of aryl methyl sites for hydroxylation is 1. The van der Waals surface area contributed by atoms with Gasteiger partial charge in [-0.15, -0.1) is 10.2 Å². The van der Waals surface area contributed by atoms with Crippen LogP contribution in [0, 0.1) is 0 Å². The van der Waals surface area contributed by atoms with Crippen LogP contribution in [0.2, 0.25) is 0 Å². The Balaban J connectivity index is 1.30. The summed E-state index contributed by atoms with van der Waals surface area (Å²) in [5.41, 5.74) is 12.8. The minimum absolute atomic E-state index is 0.0367. The SMILES string of the molecule is CCc1cccc(-c2ccc(-c3cnn4c(N)c(C=O)c(C5CCN(C(=O)c6nnc[nH]6)CC5)nc34)cn2)c1. The summed E-state index contributed by atoms with van der Waals surface area (Å²) in [4.78, 5) is 38.9. The third kappa shape index (κ3) is 4.41. The molecule has 0 atom stereocenters. The number of carbonyl (C=O) groups is 2. The van der Waals surface area contributed by atoms with Gasteiger partial charge in [-0.05, 0) is 37.0 Å². The number of hydrogen-bond acceptors (Lipinski definition) is 8. The van der Waals surface area contributed by atoms with Crippen LogP contribution in [0.5, 0.6) is 0 Å². The number of fused-ring (bicyclic) bond motifs is 1. The van der Waals surface area contributed by atoms with Crippen LogP contribution in [0.15, 0.2) is 55.1 Å². The smallest absolute Gasteiger partial charge is 0.291 e. The maximum absolute atomic E-state index is 12.7. The number of nitrogens with one attached hydrogen (secondary N) is 1. The largest absolute Gasteiger partial charge is 0.383 e. The summed E-state index contributed by atoms with van der Waals surface area (Å²) in [7, 11) is 0. The van der Waals surface area contributed by atoms with Crippen molar-refractivity contribution in [1.82, 2.24) is 39.7 Å². The molecule has 0 aliphatic carbocycles. The van der Waals surface area contributed by atoms with Crippen molar-refractivity contribution in [3.05, 3.63) is 77.8 Å². The van der Waals surface area contributed by atoms with Crippen LogP contribution in [0.3, 0.4) is 0 Å². The van der Waals surface area contributed by atoms with E-state index in [1.165, 1.54) is 16.4 Å². The van der Waals surface area contributed by atoms with E-state index in [9.17, 15) is 9.59 Å². The van der Waals surface area contributed by atoms with E-state index in [0.717, 1.165) is 35.1 Å². The zero-order chi connectivity index (χ0) is 26.9. The van der Waals surface area contributed by atoms with Crippen molar-refractivity contribution < 1.29 is 9.59 Å². The number of benzene rings is 1. The Morgan fingerprint density at radius 1 is 1.15 bits per heavy atom. The molecule has 4 aromatic heterocycles. The van der Waals surface area contributed by atoms with Crippen LogP contribution >= 0.6 is 0 Å². The summed E-state index contributed by atoms with van der Waals surface area (Å²) in [6, 6.07) is 12.3. The van der Waals surface area contributed by atoms with Crippen molar-refractivity contribution in [3.8, 4) is 22.4 Å². The lowest BCUT2D eigenvalue weighted by molar-refractivity contribution is 0.0699. The van der Waals surface area contributed by atoms with Gasteiger partial charge in [-0.3, -0.25) is 14.6 Å². The first-order valence-electron chi connectivity index (χ1n) is 12.9. The second kappa shape index (κ2) is 10.1. The van der Waals surface area contributed by atoms with Gasteiger partial charge in [0.15, 0.2) is 11.9 Å². The van der Waals surface area contributed by atoms with E-state index in [-0.39, 0.29) is 23.5 Å². The fourth-order valence-corrected chi connectivity index (χ4v) is 5.17. The number of anilines is 1. The van der Waals surface area contributed by atoms with Crippen LogP contribution in [0.1, 0.15) is 57.9 Å². The molecule has 1 saturated heterocycles. The minimum Gasteiger partial charge on any atom is -0.383 e. The molecule has 0 unspecified atom stereocenters. The van der Waals surface area contributed by atoms with E-state index in [2.05, 4.69) is 45.4 Å². The van der Waals surface area contributed by atoms with E-state index < -0.39 is 0 Å². The van der Waals surface area contributed by atoms with Crippen LogP contribution in [-0.4, -0.2) is 64.9 Å². The molecule has 39 heavy (non-hydrogen) atoms. The van der Waals surface area contributed by atoms with Crippen molar-refractivity contribution in [1.29, 1.82) is 0 Å². The lowest BCUT2D eigenvalue weighted by Crippen LogP contribution is -2.38. The Morgan fingerprint density at radius 3 is 2.69 bits per heavy atom. The van der Waals surface area contributed by atoms with Gasteiger partial charge in [0.05, 0.1) is 23.1 Å². The highest BCUT2D eigenvalue weighted by Crippen LogP contribution is 2.34. The number of piperidine rings is 1. The molecule has 1 aliphatic rings. The number of nitrogen functional groups attached to an aromatic ring is 1. The van der Waals surface area contributed by atoms with E-state index in [0.29, 0.717) is 42.8 Å². The zero-order valence-corrected chi connectivity index (χ0v) is 21.4. The zero-order valence-electron chi connectivity index (χ0n) is 21.4. The monoisotopic (exact) mass is 521 g/mol. The van der Waals surface area contributed by atoms with Crippen molar-refractivity contribution in [3.63, 3.8) is 0 Å². The molecule has 0 bridgehead atoms. The number of aromatic nitrogens is 7. The summed E-state index contributed by atoms with van der Waals surface area (Å²) in [6.45, 7) is 3.14. The molecule has 5 heterocycles. The van der Waals surface area contributed by atoms with Gasteiger partial charge in [-0.25, -0.2) is 4.98 Å². The summed E-state index contributed by atoms with van der Waals surface area (Å²) >= 11 is 0. The van der Waals surface area contributed by atoms with Crippen molar-refractivity contribution in [2.75, 3.05) is 18.8 Å². The van der Waals surface area contributed by atoms with E-state index in [4.69, 9.17) is 15.7 Å². The first-order valence-corrected chi connectivity index (χ1v) is 12.9. The summed E-state index contributed by atoms with van der Waals surface area (Å²) in [5.74, 6) is 0.232. The summed E-state index contributed by atoms with van der Waals surface area (Å²) in [5, 5.41) is 11.9. The molecule has 1 aliphatic heterocycles. The molecular formula is C28H27N9O2. The highest BCUT2D eigenvalue weighted by atomic mass is 16.2. The quantitative estimate of drug-likeness (QED) is 0.322. The van der Waals surface area contributed by atoms with E-state index in [1.54, 1.807) is 11.1 Å². The van der Waals surface area contributed by atoms with Crippen LogP contribution < -0.4 is 5.73 Å². The molecule has 11 nitrogen and oxygen atoms in total. The molecule has 5 aromatic rings. The van der Waals surface area contributed by atoms with Crippen molar-refractivity contribution in [2.24, 2.45) is 0 Å². The number of aromatic amines is 1. The fraction of sp³-hybridized carbons (Fsp3) is 0.250. The predicted octanol–water partition coefficient (Wildman–Crippen LogP) is 3.55. The summed E-state index contributed by atoms with van der Waals surface area (Å²) in [6.07, 6.45) is 7.87. The number of rotatable bonds is 6. The van der Waals surface area contributed by atoms with Gasteiger partial charge in [0, 0.05) is 41.9 Å². The maximum atomic E-state index is 12.7. The predicted molar refractivity (Wildman–Crippen MR) is 145 cm³/mol. The van der Waals surface area contributed by atoms with Gasteiger partial charge in [-0.1, -0.05) is 31.2 Å². The highest BCUT2D eigenvalue weighted by molar-refractivity contribution is 5.90. The van der Waals surface area contributed by atoms with Crippen LogP contribution in [-0.2, 0) is 6.42 Å². The standard InChI is InChI=1S/C28H27N9O2/c1-2-17-4-3-5-19(12-17)23-7-6-20(13-30-23)21-14-33-37-25(29)22(15-38)24(34-27(21)37)18-8-10-36(11-9-18)28(39)26-31-16-32-35-26/h3-7,12-16,18H,2,8-11,29H2,1H3,(H,31,32,35). The number of pyridine rings is 1. The fourth-order valence-electron chi connectivity index (χ4n) is 5.17. The van der Waals surface area contributed by atoms with Gasteiger partial charge >= 0.3 is 0 Å². The molecule has 1 amide bonds. The highest BCUT2D eigenvalue weighted by Gasteiger charge is 2.30. The number of amides is 1. The van der Waals surface area contributed by atoms with Crippen molar-refractivity contribution in [2.45, 2.75) is 32.1 Å². The second-order valence-corrected chi connectivity index (χ2v) is 9.60. The number of H-pyrrole nitrogens is 1. The Hall–Kier alpha value is -4.93. The number of hydrogen-bond donors (Lipinski definition) is 2. The van der Waals surface area contributed by atoms with Crippen LogP contribution in [0.25, 0.3) is 28.0 Å². The van der Waals surface area contributed by atoms with Gasteiger partial charge in [0.2, 0.25) is 5.82 Å². The maximum Gasteiger partial charge on any atom is 0.291 e. The molecule has 196 valence electrons. The number of nitrogens with two attached hydrogens (primary N) is 1. The van der Waals surface area contributed by atoms with E-state index in [1.807, 2.05) is 24.4 Å². The van der Waals surface area contributed by atoms with Gasteiger partial charge < -0.3 is 15.6 Å². The Bertz CT molecular complexity index is 1650. The molecule has 6 rings (SSSR count). The van der Waals surface area contributed by atoms with Gasteiger partial charge in [0.25, 0.3) is 5.91 Å². The average molecular weight is 522 g/mol. The Labute approximate surface area is 224 Å². The lowest BCUT2D eigenvalue weighted by atomic mass is 9.90. The van der Waals surface area contributed by atoms with Crippen molar-refractivity contribution >= 4 is 23.7 Å². The topological polar surface area (TPSA) is 148 Å². The Morgan fingerprint density at radius 2 is 2.00 bits per heavy atom. The number of carbonyl (C=O) groups excluding carboxylic acids is 2. The second-order valence-electron chi connectivity index (χ2n) is 9.60. The van der Waals surface area contributed by atoms with E-state index >= 15 is 0 Å². The summed E-state index contributed by atoms with van der Waals surface area (Å²) < 4.78 is 1.50. The molecule has 0 radical (unpaired) electrons. The third-order valence-corrected chi connectivity index (χ3v) is 7.36. The lowest BCUT2D eigenvalue weighted by Gasteiger charge is -2.31. The molecule has 0 spiro atoms. The minimum atomic E-state index is -0.195. The first-order chi connectivity index (χ1) is 19.1. The molecule has 11 heteroatoms. The Kier molecular flexibility index (Phi) is 6.31. The molecule has 3 N–H and O–H groups in total. The van der Waals surface area contributed by atoms with Gasteiger partial charge in [0.1, 0.15) is 12.1 Å². The normalized spacial score (nSPS) is 14.1. The van der Waals surface area contributed by atoms with Gasteiger partial charge in [-0.2, -0.15) is 9.61 Å². The molecule has 1 fully saturated rings. The molecule has 1 aromatic carbocycles. The number of likely N-dealkylation sites (tertiary alicyclic amines) is 1. The first kappa shape index (κ1) is 24.4. The third-order valence-electron chi connectivity index (χ3n) is 7.36. The number of nitrogens with zero attached hydrogens (tertiary/aromatic N) is 7. The molecule has 0 saturated carbocycles.